The van der Waals surface area contributed by atoms with Gasteiger partial charge in [-0.15, -0.1) is 0 Å². The van der Waals surface area contributed by atoms with Gasteiger partial charge in [0.2, 0.25) is 0 Å². The van der Waals surface area contributed by atoms with Crippen LogP contribution in [-0.2, 0) is 6.42 Å². The highest BCUT2D eigenvalue weighted by Gasteiger charge is 2.31. The van der Waals surface area contributed by atoms with Crippen LogP contribution in [0, 0.1) is 0 Å². The number of benzene rings is 1. The molecule has 1 fully saturated rings. The summed E-state index contributed by atoms with van der Waals surface area (Å²) in [5.74, 6) is 0. The third kappa shape index (κ3) is 3.05. The zero-order chi connectivity index (χ0) is 11.4. The molecule has 3 heteroatoms. The van der Waals surface area contributed by atoms with Crippen molar-refractivity contribution in [3.8, 4) is 0 Å². The highest BCUT2D eigenvalue weighted by Crippen LogP contribution is 2.31. The van der Waals surface area contributed by atoms with Gasteiger partial charge >= 0.3 is 0 Å². The molecular weight excluding hydrogens is 269 g/mol. The van der Waals surface area contributed by atoms with Crippen LogP contribution in [0.5, 0.6) is 0 Å². The summed E-state index contributed by atoms with van der Waals surface area (Å²) in [7, 11) is 0. The van der Waals surface area contributed by atoms with Crippen molar-refractivity contribution >= 4 is 15.9 Å². The molecule has 0 saturated carbocycles. The van der Waals surface area contributed by atoms with Crippen LogP contribution in [0.3, 0.4) is 0 Å². The largest absolute Gasteiger partial charge is 0.317 e. The minimum Gasteiger partial charge on any atom is -0.317 e. The summed E-state index contributed by atoms with van der Waals surface area (Å²) in [5, 5.41) is 3.25. The number of nitrogens with one attached hydrogen (secondary N) is 1. The standard InChI is InChI=1S/C13H17BrFN/c14-12-5-2-1-4-11(12)10-13(15)6-3-8-16-9-7-13/h1-2,4-5,16H,3,6-10H2. The van der Waals surface area contributed by atoms with Crippen LogP contribution < -0.4 is 5.32 Å². The summed E-state index contributed by atoms with van der Waals surface area (Å²) in [6, 6.07) is 7.92. The van der Waals surface area contributed by atoms with Gasteiger partial charge in [0.05, 0.1) is 0 Å². The Kier molecular flexibility index (Phi) is 3.98. The fourth-order valence-electron chi connectivity index (χ4n) is 2.25. The second-order valence-electron chi connectivity index (χ2n) is 4.52. The van der Waals surface area contributed by atoms with Gasteiger partial charge in [0, 0.05) is 10.9 Å². The Balaban J connectivity index is 2.10. The lowest BCUT2D eigenvalue weighted by Gasteiger charge is -2.23. The minimum atomic E-state index is -1.03. The van der Waals surface area contributed by atoms with Gasteiger partial charge < -0.3 is 5.32 Å². The molecule has 1 heterocycles. The van der Waals surface area contributed by atoms with E-state index < -0.39 is 5.67 Å². The van der Waals surface area contributed by atoms with E-state index >= 15 is 0 Å². The summed E-state index contributed by atoms with van der Waals surface area (Å²) in [4.78, 5) is 0. The maximum Gasteiger partial charge on any atom is 0.116 e. The van der Waals surface area contributed by atoms with Crippen LogP contribution in [0.2, 0.25) is 0 Å². The van der Waals surface area contributed by atoms with E-state index in [0.29, 0.717) is 19.3 Å². The van der Waals surface area contributed by atoms with Crippen LogP contribution >= 0.6 is 15.9 Å². The molecule has 1 N–H and O–H groups in total. The zero-order valence-corrected chi connectivity index (χ0v) is 10.9. The lowest BCUT2D eigenvalue weighted by atomic mass is 9.89. The number of alkyl halides is 1. The number of hydrogen-bond acceptors (Lipinski definition) is 1. The van der Waals surface area contributed by atoms with E-state index in [2.05, 4.69) is 21.2 Å². The van der Waals surface area contributed by atoms with E-state index in [1.807, 2.05) is 24.3 Å². The maximum atomic E-state index is 14.6. The van der Waals surface area contributed by atoms with Crippen LogP contribution in [0.25, 0.3) is 0 Å². The quantitative estimate of drug-likeness (QED) is 0.877. The van der Waals surface area contributed by atoms with Crippen molar-refractivity contribution in [3.05, 3.63) is 34.3 Å². The van der Waals surface area contributed by atoms with Crippen molar-refractivity contribution in [2.24, 2.45) is 0 Å². The monoisotopic (exact) mass is 285 g/mol. The van der Waals surface area contributed by atoms with E-state index in [-0.39, 0.29) is 0 Å². The van der Waals surface area contributed by atoms with E-state index in [0.717, 1.165) is 29.5 Å². The molecule has 0 aliphatic carbocycles. The lowest BCUT2D eigenvalue weighted by molar-refractivity contribution is 0.144. The molecular formula is C13H17BrFN. The molecule has 2 rings (SSSR count). The van der Waals surface area contributed by atoms with Gasteiger partial charge in [0.25, 0.3) is 0 Å². The van der Waals surface area contributed by atoms with Crippen molar-refractivity contribution < 1.29 is 4.39 Å². The molecule has 1 saturated heterocycles. The molecule has 88 valence electrons. The molecule has 1 aliphatic heterocycles. The number of rotatable bonds is 2. The predicted octanol–water partition coefficient (Wildman–Crippen LogP) is 3.47. The van der Waals surface area contributed by atoms with Crippen molar-refractivity contribution in [3.63, 3.8) is 0 Å². The van der Waals surface area contributed by atoms with E-state index in [4.69, 9.17) is 0 Å². The molecule has 1 aromatic rings. The van der Waals surface area contributed by atoms with Gasteiger partial charge in [-0.3, -0.25) is 0 Å². The Morgan fingerprint density at radius 2 is 2.06 bits per heavy atom. The summed E-state index contributed by atoms with van der Waals surface area (Å²) in [6.07, 6.45) is 2.74. The average molecular weight is 286 g/mol. The fraction of sp³-hybridized carbons (Fsp3) is 0.538. The molecule has 1 atom stereocenters. The Morgan fingerprint density at radius 3 is 2.88 bits per heavy atom. The Morgan fingerprint density at radius 1 is 1.25 bits per heavy atom. The van der Waals surface area contributed by atoms with Gasteiger partial charge in [-0.1, -0.05) is 34.1 Å². The van der Waals surface area contributed by atoms with Crippen molar-refractivity contribution in [2.45, 2.75) is 31.4 Å². The molecule has 0 spiro atoms. The second-order valence-corrected chi connectivity index (χ2v) is 5.38. The maximum absolute atomic E-state index is 14.6. The van der Waals surface area contributed by atoms with Crippen LogP contribution in [0.1, 0.15) is 24.8 Å². The fourth-order valence-corrected chi connectivity index (χ4v) is 2.68. The smallest absolute Gasteiger partial charge is 0.116 e. The highest BCUT2D eigenvalue weighted by molar-refractivity contribution is 9.10. The molecule has 16 heavy (non-hydrogen) atoms. The van der Waals surface area contributed by atoms with Gasteiger partial charge in [-0.25, -0.2) is 4.39 Å². The Hall–Kier alpha value is -0.410. The third-order valence-corrected chi connectivity index (χ3v) is 3.97. The predicted molar refractivity (Wildman–Crippen MR) is 68.4 cm³/mol. The van der Waals surface area contributed by atoms with Gasteiger partial charge in [0.1, 0.15) is 5.67 Å². The summed E-state index contributed by atoms with van der Waals surface area (Å²) in [5.41, 5.74) is 0.0415. The first-order chi connectivity index (χ1) is 7.70. The van der Waals surface area contributed by atoms with E-state index in [9.17, 15) is 4.39 Å². The van der Waals surface area contributed by atoms with Crippen molar-refractivity contribution in [1.82, 2.24) is 5.32 Å². The Labute approximate surface area is 105 Å². The topological polar surface area (TPSA) is 12.0 Å². The van der Waals surface area contributed by atoms with Gasteiger partial charge in [-0.2, -0.15) is 0 Å². The first kappa shape index (κ1) is 12.1. The normalized spacial score (nSPS) is 26.4. The first-order valence-electron chi connectivity index (χ1n) is 5.83. The van der Waals surface area contributed by atoms with Crippen molar-refractivity contribution in [2.75, 3.05) is 13.1 Å². The lowest BCUT2D eigenvalue weighted by Crippen LogP contribution is -2.27. The van der Waals surface area contributed by atoms with E-state index in [1.165, 1.54) is 0 Å². The molecule has 1 aromatic carbocycles. The van der Waals surface area contributed by atoms with Crippen LogP contribution in [0.15, 0.2) is 28.7 Å². The highest BCUT2D eigenvalue weighted by atomic mass is 79.9. The molecule has 0 amide bonds. The van der Waals surface area contributed by atoms with Gasteiger partial charge in [-0.05, 0) is 44.0 Å². The summed E-state index contributed by atoms with van der Waals surface area (Å²) in [6.45, 7) is 1.74. The van der Waals surface area contributed by atoms with Crippen LogP contribution in [0.4, 0.5) is 4.39 Å². The molecule has 0 aromatic heterocycles. The zero-order valence-electron chi connectivity index (χ0n) is 9.31. The molecule has 1 nitrogen and oxygen atoms in total. The SMILES string of the molecule is FC1(Cc2ccccc2Br)CCCNCC1. The van der Waals surface area contributed by atoms with Crippen LogP contribution in [-0.4, -0.2) is 18.8 Å². The van der Waals surface area contributed by atoms with Gasteiger partial charge in [0.15, 0.2) is 0 Å². The first-order valence-corrected chi connectivity index (χ1v) is 6.62. The molecule has 0 radical (unpaired) electrons. The Bertz CT molecular complexity index is 346. The van der Waals surface area contributed by atoms with Crippen molar-refractivity contribution in [1.29, 1.82) is 0 Å². The molecule has 0 bridgehead atoms. The van der Waals surface area contributed by atoms with E-state index in [1.54, 1.807) is 0 Å². The number of hydrogen-bond donors (Lipinski definition) is 1. The second kappa shape index (κ2) is 5.28. The summed E-state index contributed by atoms with van der Waals surface area (Å²) < 4.78 is 15.7. The summed E-state index contributed by atoms with van der Waals surface area (Å²) >= 11 is 3.48. The minimum absolute atomic E-state index is 0.524. The third-order valence-electron chi connectivity index (χ3n) is 3.19. The average Bonchev–Trinajstić information content (AvgIpc) is 2.47. The molecule has 1 aliphatic rings. The molecule has 1 unspecified atom stereocenters. The number of halogens is 2.